The van der Waals surface area contributed by atoms with Crippen molar-refractivity contribution in [2.75, 3.05) is 0 Å². The molecule has 0 saturated carbocycles. The molecule has 2 aromatic rings. The number of carbonyl (C=O) groups excluding carboxylic acids is 1. The Kier molecular flexibility index (Phi) is 5.62. The molecule has 2 rings (SSSR count). The molecule has 1 aromatic heterocycles. The Balaban J connectivity index is 2.12. The summed E-state index contributed by atoms with van der Waals surface area (Å²) in [7, 11) is 0. The van der Waals surface area contributed by atoms with Gasteiger partial charge in [0.05, 0.1) is 24.6 Å². The van der Waals surface area contributed by atoms with Crippen LogP contribution in [0.5, 0.6) is 0 Å². The molecule has 1 atom stereocenters. The first kappa shape index (κ1) is 18.7. The van der Waals surface area contributed by atoms with E-state index < -0.39 is 12.0 Å². The minimum atomic E-state index is -0.970. The molecule has 1 unspecified atom stereocenters. The van der Waals surface area contributed by atoms with E-state index in [9.17, 15) is 9.59 Å². The van der Waals surface area contributed by atoms with Crippen LogP contribution in [-0.2, 0) is 21.4 Å². The summed E-state index contributed by atoms with van der Waals surface area (Å²) in [6.07, 6.45) is -0.133. The van der Waals surface area contributed by atoms with Crippen LogP contribution in [0.25, 0.3) is 0 Å². The molecule has 0 radical (unpaired) electrons. The van der Waals surface area contributed by atoms with Crippen molar-refractivity contribution in [1.29, 1.82) is 0 Å². The third-order valence-corrected chi connectivity index (χ3v) is 3.91. The van der Waals surface area contributed by atoms with E-state index in [-0.39, 0.29) is 24.2 Å². The summed E-state index contributed by atoms with van der Waals surface area (Å²) in [6, 6.07) is 8.77. The van der Waals surface area contributed by atoms with Gasteiger partial charge < -0.3 is 14.9 Å². The summed E-state index contributed by atoms with van der Waals surface area (Å²) >= 11 is 0. The second kappa shape index (κ2) is 7.51. The molecule has 0 fully saturated rings. The largest absolute Gasteiger partial charge is 0.481 e. The van der Waals surface area contributed by atoms with Crippen molar-refractivity contribution in [3.63, 3.8) is 0 Å². The molecule has 6 heteroatoms. The smallest absolute Gasteiger partial charge is 0.305 e. The second-order valence-electron chi connectivity index (χ2n) is 7.20. The monoisotopic (exact) mass is 344 g/mol. The summed E-state index contributed by atoms with van der Waals surface area (Å²) in [6.45, 7) is 8.08. The zero-order chi connectivity index (χ0) is 18.6. The minimum Gasteiger partial charge on any atom is -0.481 e. The SMILES string of the molecule is Cc1cc(CC(=O)NC(CC(=O)O)c2ccc(C(C)(C)C)cc2)no1. The molecule has 1 aromatic carbocycles. The van der Waals surface area contributed by atoms with E-state index in [4.69, 9.17) is 9.63 Å². The Morgan fingerprint density at radius 2 is 1.88 bits per heavy atom. The Bertz CT molecular complexity index is 742. The molecule has 6 nitrogen and oxygen atoms in total. The summed E-state index contributed by atoms with van der Waals surface area (Å²) in [5, 5.41) is 15.7. The van der Waals surface area contributed by atoms with Gasteiger partial charge in [-0.05, 0) is 23.5 Å². The highest BCUT2D eigenvalue weighted by molar-refractivity contribution is 5.79. The lowest BCUT2D eigenvalue weighted by molar-refractivity contribution is -0.137. The summed E-state index contributed by atoms with van der Waals surface area (Å²) in [5.74, 6) is -0.635. The van der Waals surface area contributed by atoms with Crippen LogP contribution in [0.1, 0.15) is 55.8 Å². The molecule has 1 heterocycles. The van der Waals surface area contributed by atoms with Crippen LogP contribution in [-0.4, -0.2) is 22.1 Å². The highest BCUT2D eigenvalue weighted by Crippen LogP contribution is 2.25. The average Bonchev–Trinajstić information content (AvgIpc) is 2.90. The van der Waals surface area contributed by atoms with Crippen molar-refractivity contribution in [1.82, 2.24) is 10.5 Å². The number of hydrogen-bond acceptors (Lipinski definition) is 4. The molecule has 1 amide bonds. The number of aryl methyl sites for hydroxylation is 1. The number of carboxylic acid groups (broad SMARTS) is 1. The minimum absolute atomic E-state index is 0.00881. The maximum Gasteiger partial charge on any atom is 0.305 e. The number of benzene rings is 1. The van der Waals surface area contributed by atoms with Gasteiger partial charge in [0.2, 0.25) is 5.91 Å². The number of aromatic nitrogens is 1. The second-order valence-corrected chi connectivity index (χ2v) is 7.20. The summed E-state index contributed by atoms with van der Waals surface area (Å²) in [4.78, 5) is 23.4. The topological polar surface area (TPSA) is 92.4 Å². The van der Waals surface area contributed by atoms with E-state index in [2.05, 4.69) is 31.2 Å². The molecule has 0 bridgehead atoms. The molecular weight excluding hydrogens is 320 g/mol. The van der Waals surface area contributed by atoms with E-state index in [1.165, 1.54) is 0 Å². The molecule has 0 aliphatic rings. The highest BCUT2D eigenvalue weighted by atomic mass is 16.5. The standard InChI is InChI=1S/C19H24N2O4/c1-12-9-15(21-25-12)10-17(22)20-16(11-18(23)24)13-5-7-14(8-6-13)19(2,3)4/h5-9,16H,10-11H2,1-4H3,(H,20,22)(H,23,24). The van der Waals surface area contributed by atoms with Gasteiger partial charge in [0.15, 0.2) is 0 Å². The van der Waals surface area contributed by atoms with Gasteiger partial charge in [-0.2, -0.15) is 0 Å². The molecule has 0 aliphatic carbocycles. The first-order chi connectivity index (χ1) is 11.6. The summed E-state index contributed by atoms with van der Waals surface area (Å²) < 4.78 is 4.94. The van der Waals surface area contributed by atoms with E-state index in [0.717, 1.165) is 11.1 Å². The van der Waals surface area contributed by atoms with E-state index >= 15 is 0 Å². The van der Waals surface area contributed by atoms with Crippen LogP contribution in [0.15, 0.2) is 34.9 Å². The molecule has 2 N–H and O–H groups in total. The van der Waals surface area contributed by atoms with Crippen LogP contribution in [0.3, 0.4) is 0 Å². The number of rotatable bonds is 6. The number of hydrogen-bond donors (Lipinski definition) is 2. The van der Waals surface area contributed by atoms with Crippen LogP contribution < -0.4 is 5.32 Å². The van der Waals surface area contributed by atoms with Gasteiger partial charge >= 0.3 is 5.97 Å². The van der Waals surface area contributed by atoms with E-state index in [1.807, 2.05) is 24.3 Å². The lowest BCUT2D eigenvalue weighted by atomic mass is 9.86. The quantitative estimate of drug-likeness (QED) is 0.840. The molecule has 134 valence electrons. The normalized spacial score (nSPS) is 12.6. The summed E-state index contributed by atoms with van der Waals surface area (Å²) in [5.41, 5.74) is 2.44. The molecule has 0 saturated heterocycles. The number of nitrogens with zero attached hydrogens (tertiary/aromatic N) is 1. The predicted octanol–water partition coefficient (Wildman–Crippen LogP) is 3.16. The first-order valence-electron chi connectivity index (χ1n) is 8.19. The van der Waals surface area contributed by atoms with Gasteiger partial charge in [-0.15, -0.1) is 0 Å². The van der Waals surface area contributed by atoms with Crippen molar-refractivity contribution in [2.24, 2.45) is 0 Å². The van der Waals surface area contributed by atoms with Crippen LogP contribution in [0, 0.1) is 6.92 Å². The Morgan fingerprint density at radius 1 is 1.24 bits per heavy atom. The van der Waals surface area contributed by atoms with Gasteiger partial charge in [-0.3, -0.25) is 9.59 Å². The fourth-order valence-corrected chi connectivity index (χ4v) is 2.55. The van der Waals surface area contributed by atoms with Crippen molar-refractivity contribution in [3.05, 3.63) is 52.9 Å². The molecular formula is C19H24N2O4. The van der Waals surface area contributed by atoms with Crippen LogP contribution >= 0.6 is 0 Å². The molecule has 0 spiro atoms. The Labute approximate surface area is 147 Å². The maximum atomic E-state index is 12.2. The highest BCUT2D eigenvalue weighted by Gasteiger charge is 2.20. The average molecular weight is 344 g/mol. The fraction of sp³-hybridized carbons (Fsp3) is 0.421. The number of carboxylic acids is 1. The molecule has 25 heavy (non-hydrogen) atoms. The van der Waals surface area contributed by atoms with Gasteiger partial charge in [0.25, 0.3) is 0 Å². The van der Waals surface area contributed by atoms with E-state index in [0.29, 0.717) is 11.5 Å². The van der Waals surface area contributed by atoms with Crippen molar-refractivity contribution in [3.8, 4) is 0 Å². The van der Waals surface area contributed by atoms with Gasteiger partial charge in [0, 0.05) is 6.07 Å². The third-order valence-electron chi connectivity index (χ3n) is 3.91. The zero-order valence-corrected chi connectivity index (χ0v) is 15.0. The Morgan fingerprint density at radius 3 is 2.36 bits per heavy atom. The van der Waals surface area contributed by atoms with Crippen LogP contribution in [0.2, 0.25) is 0 Å². The maximum absolute atomic E-state index is 12.2. The van der Waals surface area contributed by atoms with Gasteiger partial charge in [0.1, 0.15) is 5.76 Å². The molecule has 0 aliphatic heterocycles. The lowest BCUT2D eigenvalue weighted by Gasteiger charge is -2.21. The first-order valence-corrected chi connectivity index (χ1v) is 8.19. The number of amides is 1. The van der Waals surface area contributed by atoms with Crippen molar-refractivity contribution < 1.29 is 19.2 Å². The van der Waals surface area contributed by atoms with Crippen LogP contribution in [0.4, 0.5) is 0 Å². The lowest BCUT2D eigenvalue weighted by Crippen LogP contribution is -2.31. The number of nitrogens with one attached hydrogen (secondary N) is 1. The zero-order valence-electron chi connectivity index (χ0n) is 15.0. The predicted molar refractivity (Wildman–Crippen MR) is 93.2 cm³/mol. The number of carbonyl (C=O) groups is 2. The van der Waals surface area contributed by atoms with Crippen molar-refractivity contribution >= 4 is 11.9 Å². The number of aliphatic carboxylic acids is 1. The fourth-order valence-electron chi connectivity index (χ4n) is 2.55. The van der Waals surface area contributed by atoms with Gasteiger partial charge in [-0.25, -0.2) is 0 Å². The Hall–Kier alpha value is -2.63. The third kappa shape index (κ3) is 5.45. The van der Waals surface area contributed by atoms with Crippen molar-refractivity contribution in [2.45, 2.75) is 52.0 Å². The van der Waals surface area contributed by atoms with Gasteiger partial charge in [-0.1, -0.05) is 50.2 Å². The van der Waals surface area contributed by atoms with E-state index in [1.54, 1.807) is 13.0 Å².